The van der Waals surface area contributed by atoms with Gasteiger partial charge in [-0.15, -0.1) is 0 Å². The molecule has 1 atom stereocenters. The van der Waals surface area contributed by atoms with Gasteiger partial charge in [-0.05, 0) is 26.0 Å². The summed E-state index contributed by atoms with van der Waals surface area (Å²) in [5, 5.41) is 7.24. The van der Waals surface area contributed by atoms with E-state index in [9.17, 15) is 4.79 Å². The summed E-state index contributed by atoms with van der Waals surface area (Å²) < 4.78 is 5.27. The molecule has 1 aromatic carbocycles. The molecule has 1 N–H and O–H groups in total. The van der Waals surface area contributed by atoms with Gasteiger partial charge >= 0.3 is 0 Å². The maximum atomic E-state index is 12.3. The molecule has 1 fully saturated rings. The number of rotatable bonds is 3. The predicted octanol–water partition coefficient (Wildman–Crippen LogP) is 1.41. The second kappa shape index (κ2) is 6.27. The molecule has 0 unspecified atom stereocenters. The lowest BCUT2D eigenvalue weighted by Crippen LogP contribution is -2.51. The molecule has 3 rings (SSSR count). The minimum atomic E-state index is 0.0462. The number of aryl methyl sites for hydroxylation is 1. The van der Waals surface area contributed by atoms with Gasteiger partial charge in [0, 0.05) is 31.2 Å². The second-order valence-corrected chi connectivity index (χ2v) is 5.76. The van der Waals surface area contributed by atoms with Crippen LogP contribution in [0, 0.1) is 6.92 Å². The highest BCUT2D eigenvalue weighted by atomic mass is 16.5. The summed E-state index contributed by atoms with van der Waals surface area (Å²) in [5.74, 6) is 0.942. The lowest BCUT2D eigenvalue weighted by atomic mass is 10.1. The van der Waals surface area contributed by atoms with Crippen LogP contribution in [0.15, 0.2) is 28.8 Å². The lowest BCUT2D eigenvalue weighted by molar-refractivity contribution is -0.131. The summed E-state index contributed by atoms with van der Waals surface area (Å²) in [6.07, 6.45) is 0.183. The quantitative estimate of drug-likeness (QED) is 0.928. The summed E-state index contributed by atoms with van der Waals surface area (Å²) in [4.78, 5) is 18.5. The lowest BCUT2D eigenvalue weighted by Gasteiger charge is -2.31. The highest BCUT2D eigenvalue weighted by molar-refractivity contribution is 5.78. The van der Waals surface area contributed by atoms with Crippen molar-refractivity contribution in [3.05, 3.63) is 35.7 Å². The summed E-state index contributed by atoms with van der Waals surface area (Å²) in [6, 6.07) is 8.18. The van der Waals surface area contributed by atoms with Crippen molar-refractivity contribution >= 4 is 5.91 Å². The van der Waals surface area contributed by atoms with E-state index in [4.69, 9.17) is 4.52 Å². The molecule has 1 aliphatic rings. The van der Waals surface area contributed by atoms with Crippen molar-refractivity contribution in [1.82, 2.24) is 20.4 Å². The number of carbonyl (C=O) groups excluding carboxylic acids is 1. The Balaban J connectivity index is 1.68. The van der Waals surface area contributed by atoms with E-state index in [0.717, 1.165) is 30.8 Å². The number of piperazine rings is 1. The fraction of sp³-hybridized carbons (Fsp3) is 0.438. The third-order valence-electron chi connectivity index (χ3n) is 3.76. The Hall–Kier alpha value is -2.21. The number of aromatic nitrogens is 2. The summed E-state index contributed by atoms with van der Waals surface area (Å²) >= 11 is 0. The number of amides is 1. The highest BCUT2D eigenvalue weighted by Crippen LogP contribution is 2.18. The SMILES string of the molecule is Cc1cccc(-c2nc(CC(=O)N3CCN[C@H](C)C3)no2)c1. The first-order valence-corrected chi connectivity index (χ1v) is 7.52. The van der Waals surface area contributed by atoms with Gasteiger partial charge in [-0.2, -0.15) is 4.98 Å². The molecule has 2 heterocycles. The third-order valence-corrected chi connectivity index (χ3v) is 3.76. The van der Waals surface area contributed by atoms with Gasteiger partial charge in [0.2, 0.25) is 5.91 Å². The van der Waals surface area contributed by atoms with Gasteiger partial charge in [-0.3, -0.25) is 4.79 Å². The monoisotopic (exact) mass is 300 g/mol. The van der Waals surface area contributed by atoms with Crippen LogP contribution in [0.4, 0.5) is 0 Å². The van der Waals surface area contributed by atoms with Crippen LogP contribution in [0.5, 0.6) is 0 Å². The van der Waals surface area contributed by atoms with E-state index in [2.05, 4.69) is 22.4 Å². The fourth-order valence-electron chi connectivity index (χ4n) is 2.63. The number of nitrogens with one attached hydrogen (secondary N) is 1. The average Bonchev–Trinajstić information content (AvgIpc) is 2.96. The third kappa shape index (κ3) is 3.33. The van der Waals surface area contributed by atoms with Crippen molar-refractivity contribution in [3.63, 3.8) is 0 Å². The standard InChI is InChI=1S/C16H20N4O2/c1-11-4-3-5-13(8-11)16-18-14(19-22-16)9-15(21)20-7-6-17-12(2)10-20/h3-5,8,12,17H,6-7,9-10H2,1-2H3/t12-/m1/s1. The van der Waals surface area contributed by atoms with Crippen molar-refractivity contribution in [2.75, 3.05) is 19.6 Å². The predicted molar refractivity (Wildman–Crippen MR) is 82.2 cm³/mol. The number of hydrogen-bond acceptors (Lipinski definition) is 5. The molecule has 1 aromatic heterocycles. The van der Waals surface area contributed by atoms with E-state index in [1.807, 2.05) is 36.1 Å². The van der Waals surface area contributed by atoms with E-state index in [1.165, 1.54) is 0 Å². The Morgan fingerprint density at radius 1 is 1.50 bits per heavy atom. The van der Waals surface area contributed by atoms with Gasteiger partial charge in [-0.25, -0.2) is 0 Å². The van der Waals surface area contributed by atoms with Gasteiger partial charge in [-0.1, -0.05) is 22.9 Å². The minimum absolute atomic E-state index is 0.0462. The molecule has 22 heavy (non-hydrogen) atoms. The Morgan fingerprint density at radius 2 is 2.36 bits per heavy atom. The molecule has 6 nitrogen and oxygen atoms in total. The zero-order valence-corrected chi connectivity index (χ0v) is 12.9. The Labute approximate surface area is 129 Å². The zero-order chi connectivity index (χ0) is 15.5. The molecule has 1 amide bonds. The Bertz CT molecular complexity index is 668. The van der Waals surface area contributed by atoms with Crippen LogP contribution in [-0.2, 0) is 11.2 Å². The first kappa shape index (κ1) is 14.7. The van der Waals surface area contributed by atoms with Crippen molar-refractivity contribution in [3.8, 4) is 11.5 Å². The fourth-order valence-corrected chi connectivity index (χ4v) is 2.63. The van der Waals surface area contributed by atoms with Crippen LogP contribution in [0.1, 0.15) is 18.3 Å². The molecule has 0 bridgehead atoms. The number of hydrogen-bond donors (Lipinski definition) is 1. The van der Waals surface area contributed by atoms with E-state index < -0.39 is 0 Å². The van der Waals surface area contributed by atoms with Crippen LogP contribution < -0.4 is 5.32 Å². The van der Waals surface area contributed by atoms with E-state index in [1.54, 1.807) is 0 Å². The Kier molecular flexibility index (Phi) is 4.20. The molecule has 2 aromatic rings. The summed E-state index contributed by atoms with van der Waals surface area (Å²) in [6.45, 7) is 6.36. The van der Waals surface area contributed by atoms with Crippen molar-refractivity contribution < 1.29 is 9.32 Å². The molecular formula is C16H20N4O2. The molecule has 1 aliphatic heterocycles. The number of benzene rings is 1. The van der Waals surface area contributed by atoms with Gasteiger partial charge in [0.15, 0.2) is 5.82 Å². The molecule has 0 radical (unpaired) electrons. The first-order chi connectivity index (χ1) is 10.6. The van der Waals surface area contributed by atoms with Crippen molar-refractivity contribution in [2.24, 2.45) is 0 Å². The zero-order valence-electron chi connectivity index (χ0n) is 12.9. The van der Waals surface area contributed by atoms with Crippen LogP contribution in [0.2, 0.25) is 0 Å². The van der Waals surface area contributed by atoms with E-state index in [-0.39, 0.29) is 12.3 Å². The normalized spacial score (nSPS) is 18.5. The van der Waals surface area contributed by atoms with Crippen molar-refractivity contribution in [2.45, 2.75) is 26.3 Å². The van der Waals surface area contributed by atoms with E-state index >= 15 is 0 Å². The van der Waals surface area contributed by atoms with Gasteiger partial charge in [0.05, 0.1) is 6.42 Å². The molecule has 0 spiro atoms. The van der Waals surface area contributed by atoms with Crippen molar-refractivity contribution in [1.29, 1.82) is 0 Å². The van der Waals surface area contributed by atoms with E-state index in [0.29, 0.717) is 17.8 Å². The smallest absolute Gasteiger partial charge is 0.257 e. The molecule has 1 saturated heterocycles. The van der Waals surface area contributed by atoms with Crippen LogP contribution >= 0.6 is 0 Å². The van der Waals surface area contributed by atoms with Crippen LogP contribution in [0.3, 0.4) is 0 Å². The van der Waals surface area contributed by atoms with Gasteiger partial charge in [0.25, 0.3) is 5.89 Å². The van der Waals surface area contributed by atoms with Gasteiger partial charge < -0.3 is 14.7 Å². The van der Waals surface area contributed by atoms with Crippen LogP contribution in [0.25, 0.3) is 11.5 Å². The second-order valence-electron chi connectivity index (χ2n) is 5.76. The first-order valence-electron chi connectivity index (χ1n) is 7.52. The maximum Gasteiger partial charge on any atom is 0.257 e. The number of nitrogens with zero attached hydrogens (tertiary/aromatic N) is 3. The summed E-state index contributed by atoms with van der Waals surface area (Å²) in [7, 11) is 0. The minimum Gasteiger partial charge on any atom is -0.339 e. The average molecular weight is 300 g/mol. The largest absolute Gasteiger partial charge is 0.339 e. The number of carbonyl (C=O) groups is 1. The molecule has 0 saturated carbocycles. The molecule has 0 aliphatic carbocycles. The maximum absolute atomic E-state index is 12.3. The molecule has 6 heteroatoms. The summed E-state index contributed by atoms with van der Waals surface area (Å²) in [5.41, 5.74) is 2.00. The highest BCUT2D eigenvalue weighted by Gasteiger charge is 2.22. The molecular weight excluding hydrogens is 280 g/mol. The van der Waals surface area contributed by atoms with Gasteiger partial charge in [0.1, 0.15) is 0 Å². The van der Waals surface area contributed by atoms with Crippen LogP contribution in [-0.4, -0.2) is 46.6 Å². The Morgan fingerprint density at radius 3 is 3.14 bits per heavy atom. The molecule has 116 valence electrons. The topological polar surface area (TPSA) is 71.3 Å².